The Kier molecular flexibility index (Phi) is 4.45. The van der Waals surface area contributed by atoms with E-state index in [9.17, 15) is 0 Å². The van der Waals surface area contributed by atoms with E-state index in [-0.39, 0.29) is 5.54 Å². The van der Waals surface area contributed by atoms with Crippen molar-refractivity contribution in [1.29, 1.82) is 0 Å². The average Bonchev–Trinajstić information content (AvgIpc) is 3.13. The fourth-order valence-corrected chi connectivity index (χ4v) is 4.09. The molecule has 1 aliphatic rings. The summed E-state index contributed by atoms with van der Waals surface area (Å²) in [6, 6.07) is 16.8. The second-order valence-corrected chi connectivity index (χ2v) is 7.39. The van der Waals surface area contributed by atoms with E-state index in [2.05, 4.69) is 77.2 Å². The van der Waals surface area contributed by atoms with Crippen molar-refractivity contribution in [3.63, 3.8) is 0 Å². The van der Waals surface area contributed by atoms with Crippen LogP contribution in [0.3, 0.4) is 0 Å². The maximum atomic E-state index is 4.48. The molecule has 1 heterocycles. The Balaban J connectivity index is 1.79. The van der Waals surface area contributed by atoms with Crippen molar-refractivity contribution in [2.24, 2.45) is 0 Å². The third-order valence-corrected chi connectivity index (χ3v) is 5.21. The minimum atomic E-state index is -0.235. The van der Waals surface area contributed by atoms with Crippen LogP contribution in [0.4, 0.5) is 5.69 Å². The highest BCUT2D eigenvalue weighted by atomic mass is 15.6. The molecule has 2 aromatic carbocycles. The van der Waals surface area contributed by atoms with Crippen LogP contribution in [0.25, 0.3) is 5.69 Å². The van der Waals surface area contributed by atoms with Gasteiger partial charge in [0.05, 0.1) is 11.2 Å². The van der Waals surface area contributed by atoms with Crippen LogP contribution in [0, 0.1) is 13.8 Å². The van der Waals surface area contributed by atoms with Gasteiger partial charge in [-0.25, -0.2) is 0 Å². The summed E-state index contributed by atoms with van der Waals surface area (Å²) in [6.45, 7) is 4.22. The van der Waals surface area contributed by atoms with Gasteiger partial charge in [-0.05, 0) is 72.5 Å². The molecule has 0 spiro atoms. The highest BCUT2D eigenvalue weighted by Crippen LogP contribution is 2.39. The molecular formula is C21H25N5. The zero-order valence-corrected chi connectivity index (χ0v) is 15.4. The molecule has 0 radical (unpaired) electrons. The third-order valence-electron chi connectivity index (χ3n) is 5.21. The average molecular weight is 347 g/mol. The summed E-state index contributed by atoms with van der Waals surface area (Å²) in [6.07, 6.45) is 5.70. The van der Waals surface area contributed by atoms with Gasteiger partial charge >= 0.3 is 0 Å². The molecule has 1 N–H and O–H groups in total. The van der Waals surface area contributed by atoms with Crippen molar-refractivity contribution in [1.82, 2.24) is 20.2 Å². The van der Waals surface area contributed by atoms with E-state index in [1.165, 1.54) is 30.4 Å². The smallest absolute Gasteiger partial charge is 0.181 e. The quantitative estimate of drug-likeness (QED) is 0.752. The fourth-order valence-electron chi connectivity index (χ4n) is 4.09. The van der Waals surface area contributed by atoms with Gasteiger partial charge in [0.25, 0.3) is 0 Å². The predicted octanol–water partition coefficient (Wildman–Crippen LogP) is 4.55. The van der Waals surface area contributed by atoms with Crippen molar-refractivity contribution in [3.05, 3.63) is 65.5 Å². The standard InChI is InChI=1S/C21H25N5/c1-16-13-17(2)15-19(14-16)26-20(23-24-25-26)21(11-7-4-8-12-21)22-18-9-5-3-6-10-18/h3,5-6,9-10,13-15,22H,4,7-8,11-12H2,1-2H3. The molecular weight excluding hydrogens is 322 g/mol. The van der Waals surface area contributed by atoms with E-state index >= 15 is 0 Å². The first-order chi connectivity index (χ1) is 12.7. The Hall–Kier alpha value is -2.69. The lowest BCUT2D eigenvalue weighted by Gasteiger charge is -2.37. The number of nitrogens with one attached hydrogen (secondary N) is 1. The molecule has 0 saturated heterocycles. The van der Waals surface area contributed by atoms with E-state index in [4.69, 9.17) is 0 Å². The second-order valence-electron chi connectivity index (χ2n) is 7.39. The summed E-state index contributed by atoms with van der Waals surface area (Å²) in [5.41, 5.74) is 4.35. The summed E-state index contributed by atoms with van der Waals surface area (Å²) in [4.78, 5) is 0. The molecule has 0 bridgehead atoms. The van der Waals surface area contributed by atoms with Gasteiger partial charge < -0.3 is 5.32 Å². The second kappa shape index (κ2) is 6.90. The monoisotopic (exact) mass is 347 g/mol. The first-order valence-corrected chi connectivity index (χ1v) is 9.37. The molecule has 0 atom stereocenters. The van der Waals surface area contributed by atoms with Crippen LogP contribution in [0.5, 0.6) is 0 Å². The Labute approximate surface area is 154 Å². The number of para-hydroxylation sites is 1. The minimum Gasteiger partial charge on any atom is -0.373 e. The molecule has 1 aromatic heterocycles. The first-order valence-electron chi connectivity index (χ1n) is 9.37. The lowest BCUT2D eigenvalue weighted by atomic mass is 9.80. The maximum absolute atomic E-state index is 4.48. The van der Waals surface area contributed by atoms with Crippen LogP contribution in [0.15, 0.2) is 48.5 Å². The van der Waals surface area contributed by atoms with E-state index in [1.807, 2.05) is 10.7 Å². The molecule has 5 nitrogen and oxygen atoms in total. The zero-order valence-electron chi connectivity index (χ0n) is 15.4. The molecule has 1 fully saturated rings. The Morgan fingerprint density at radius 3 is 2.31 bits per heavy atom. The lowest BCUT2D eigenvalue weighted by Crippen LogP contribution is -2.40. The number of anilines is 1. The Morgan fingerprint density at radius 2 is 1.62 bits per heavy atom. The molecule has 0 amide bonds. The van der Waals surface area contributed by atoms with Crippen LogP contribution in [-0.2, 0) is 5.54 Å². The molecule has 26 heavy (non-hydrogen) atoms. The van der Waals surface area contributed by atoms with Crippen molar-refractivity contribution in [2.45, 2.75) is 51.5 Å². The van der Waals surface area contributed by atoms with Crippen LogP contribution in [0.2, 0.25) is 0 Å². The van der Waals surface area contributed by atoms with Crippen molar-refractivity contribution in [2.75, 3.05) is 5.32 Å². The van der Waals surface area contributed by atoms with Gasteiger partial charge in [-0.2, -0.15) is 4.68 Å². The first kappa shape index (κ1) is 16.8. The van der Waals surface area contributed by atoms with Crippen molar-refractivity contribution < 1.29 is 0 Å². The van der Waals surface area contributed by atoms with E-state index in [1.54, 1.807) is 0 Å². The van der Waals surface area contributed by atoms with Gasteiger partial charge in [-0.15, -0.1) is 5.10 Å². The molecule has 0 aliphatic heterocycles. The fraction of sp³-hybridized carbons (Fsp3) is 0.381. The lowest BCUT2D eigenvalue weighted by molar-refractivity contribution is 0.309. The van der Waals surface area contributed by atoms with Gasteiger partial charge in [0.1, 0.15) is 0 Å². The normalized spacial score (nSPS) is 16.4. The number of aromatic nitrogens is 4. The van der Waals surface area contributed by atoms with Gasteiger partial charge in [0.2, 0.25) is 0 Å². The summed E-state index contributed by atoms with van der Waals surface area (Å²) in [7, 11) is 0. The van der Waals surface area contributed by atoms with E-state index < -0.39 is 0 Å². The maximum Gasteiger partial charge on any atom is 0.181 e. The van der Waals surface area contributed by atoms with Crippen LogP contribution >= 0.6 is 0 Å². The number of hydrogen-bond donors (Lipinski definition) is 1. The molecule has 3 aromatic rings. The van der Waals surface area contributed by atoms with E-state index in [0.29, 0.717) is 0 Å². The van der Waals surface area contributed by atoms with Gasteiger partial charge in [0.15, 0.2) is 5.82 Å². The van der Waals surface area contributed by atoms with Gasteiger partial charge in [-0.3, -0.25) is 0 Å². The predicted molar refractivity (Wildman–Crippen MR) is 103 cm³/mol. The zero-order chi connectivity index (χ0) is 18.0. The summed E-state index contributed by atoms with van der Waals surface area (Å²) in [5.74, 6) is 0.908. The number of rotatable bonds is 4. The van der Waals surface area contributed by atoms with Crippen molar-refractivity contribution in [3.8, 4) is 5.69 Å². The molecule has 1 aliphatic carbocycles. The van der Waals surface area contributed by atoms with Gasteiger partial charge in [-0.1, -0.05) is 43.5 Å². The largest absolute Gasteiger partial charge is 0.373 e. The SMILES string of the molecule is Cc1cc(C)cc(-n2nnnc2C2(Nc3ccccc3)CCCCC2)c1. The highest BCUT2D eigenvalue weighted by molar-refractivity contribution is 5.47. The van der Waals surface area contributed by atoms with Crippen molar-refractivity contribution >= 4 is 5.69 Å². The van der Waals surface area contributed by atoms with E-state index in [0.717, 1.165) is 30.0 Å². The molecule has 5 heteroatoms. The molecule has 0 unspecified atom stereocenters. The van der Waals surface area contributed by atoms with Crippen LogP contribution in [-0.4, -0.2) is 20.2 Å². The molecule has 134 valence electrons. The van der Waals surface area contributed by atoms with Crippen LogP contribution < -0.4 is 5.32 Å². The van der Waals surface area contributed by atoms with Crippen LogP contribution in [0.1, 0.15) is 49.1 Å². The topological polar surface area (TPSA) is 55.6 Å². The number of tetrazole rings is 1. The highest BCUT2D eigenvalue weighted by Gasteiger charge is 2.39. The molecule has 4 rings (SSSR count). The minimum absolute atomic E-state index is 0.235. The summed E-state index contributed by atoms with van der Waals surface area (Å²) >= 11 is 0. The third kappa shape index (κ3) is 3.21. The Morgan fingerprint density at radius 1 is 0.923 bits per heavy atom. The number of nitrogens with zero attached hydrogens (tertiary/aromatic N) is 4. The number of benzene rings is 2. The number of hydrogen-bond acceptors (Lipinski definition) is 4. The summed E-state index contributed by atoms with van der Waals surface area (Å²) in [5, 5.41) is 16.6. The van der Waals surface area contributed by atoms with Gasteiger partial charge in [0, 0.05) is 5.69 Å². The molecule has 1 saturated carbocycles. The summed E-state index contributed by atoms with van der Waals surface area (Å²) < 4.78 is 1.92. The number of aryl methyl sites for hydroxylation is 2. The Bertz CT molecular complexity index is 858.